The van der Waals surface area contributed by atoms with E-state index in [1.54, 1.807) is 0 Å². The predicted octanol–water partition coefficient (Wildman–Crippen LogP) is 5.14. The predicted molar refractivity (Wildman–Crippen MR) is 136 cm³/mol. The first kappa shape index (κ1) is 22.3. The van der Waals surface area contributed by atoms with Gasteiger partial charge in [-0.2, -0.15) is 9.50 Å². The standard InChI is InChI=1S/C27H27N3O3S/c1-3-4-5-8-15-32-22-13-11-19(12-14-22)25-28-27-30(29-25)26(31)24(34-27)17-21-16-20-9-6-7-10-23(20)33-18(21)2/h6-7,9-14,16-18H,3-5,8,15H2,1-2H3/b24-17-/t18-/m0/s1. The van der Waals surface area contributed by atoms with Gasteiger partial charge in [0.1, 0.15) is 17.6 Å². The van der Waals surface area contributed by atoms with Gasteiger partial charge in [-0.05, 0) is 61.4 Å². The van der Waals surface area contributed by atoms with Crippen molar-refractivity contribution < 1.29 is 9.47 Å². The molecule has 7 heteroatoms. The second kappa shape index (κ2) is 9.81. The summed E-state index contributed by atoms with van der Waals surface area (Å²) in [7, 11) is 0. The molecule has 0 saturated carbocycles. The number of hydrogen-bond donors (Lipinski definition) is 0. The first-order chi connectivity index (χ1) is 16.6. The number of ether oxygens (including phenoxy) is 2. The van der Waals surface area contributed by atoms with Gasteiger partial charge in [-0.15, -0.1) is 5.10 Å². The molecule has 5 rings (SSSR count). The van der Waals surface area contributed by atoms with Gasteiger partial charge in [0.2, 0.25) is 4.96 Å². The molecule has 2 aromatic heterocycles. The summed E-state index contributed by atoms with van der Waals surface area (Å²) in [4.78, 5) is 18.2. The molecule has 174 valence electrons. The summed E-state index contributed by atoms with van der Waals surface area (Å²) in [5, 5.41) is 4.47. The maximum absolute atomic E-state index is 13.0. The van der Waals surface area contributed by atoms with Crippen molar-refractivity contribution in [1.82, 2.24) is 14.6 Å². The second-order valence-corrected chi connectivity index (χ2v) is 9.43. The van der Waals surface area contributed by atoms with Crippen LogP contribution in [0.25, 0.3) is 28.5 Å². The lowest BCUT2D eigenvalue weighted by atomic mass is 10.0. The summed E-state index contributed by atoms with van der Waals surface area (Å²) in [5.41, 5.74) is 2.64. The molecular formula is C27H27N3O3S. The Morgan fingerprint density at radius 1 is 1.12 bits per heavy atom. The third kappa shape index (κ3) is 4.61. The Bertz CT molecular complexity index is 1440. The summed E-state index contributed by atoms with van der Waals surface area (Å²) >= 11 is 1.34. The van der Waals surface area contributed by atoms with Crippen LogP contribution in [0.2, 0.25) is 0 Å². The molecule has 1 aliphatic heterocycles. The van der Waals surface area contributed by atoms with Crippen molar-refractivity contribution in [2.24, 2.45) is 0 Å². The van der Waals surface area contributed by atoms with Gasteiger partial charge in [0.25, 0.3) is 5.56 Å². The zero-order valence-corrected chi connectivity index (χ0v) is 20.2. The minimum absolute atomic E-state index is 0.139. The number of rotatable bonds is 8. The van der Waals surface area contributed by atoms with Crippen molar-refractivity contribution in [2.45, 2.75) is 45.6 Å². The van der Waals surface area contributed by atoms with E-state index in [1.165, 1.54) is 35.1 Å². The monoisotopic (exact) mass is 473 g/mol. The third-order valence-electron chi connectivity index (χ3n) is 5.87. The van der Waals surface area contributed by atoms with Crippen LogP contribution in [0.1, 0.15) is 45.1 Å². The van der Waals surface area contributed by atoms with Gasteiger partial charge in [-0.1, -0.05) is 55.7 Å². The van der Waals surface area contributed by atoms with E-state index in [-0.39, 0.29) is 11.7 Å². The van der Waals surface area contributed by atoms with E-state index in [4.69, 9.17) is 9.47 Å². The molecule has 0 N–H and O–H groups in total. The van der Waals surface area contributed by atoms with Crippen LogP contribution in [0.4, 0.5) is 0 Å². The van der Waals surface area contributed by atoms with E-state index >= 15 is 0 Å². The molecule has 3 heterocycles. The number of para-hydroxylation sites is 1. The zero-order chi connectivity index (χ0) is 23.5. The normalized spacial score (nSPS) is 15.8. The number of nitrogens with zero attached hydrogens (tertiary/aromatic N) is 3. The number of fused-ring (bicyclic) bond motifs is 2. The van der Waals surface area contributed by atoms with Crippen molar-refractivity contribution >= 4 is 28.4 Å². The van der Waals surface area contributed by atoms with Crippen LogP contribution in [-0.4, -0.2) is 27.3 Å². The summed E-state index contributed by atoms with van der Waals surface area (Å²) in [6.07, 6.45) is 8.53. The van der Waals surface area contributed by atoms with Gasteiger partial charge in [-0.3, -0.25) is 4.79 Å². The Morgan fingerprint density at radius 2 is 1.94 bits per heavy atom. The fourth-order valence-electron chi connectivity index (χ4n) is 3.95. The molecule has 0 aliphatic carbocycles. The Hall–Kier alpha value is -3.45. The molecule has 4 aromatic rings. The first-order valence-corrected chi connectivity index (χ1v) is 12.6. The number of aromatic nitrogens is 3. The molecular weight excluding hydrogens is 446 g/mol. The van der Waals surface area contributed by atoms with Crippen molar-refractivity contribution in [3.8, 4) is 22.9 Å². The SMILES string of the molecule is CCCCCCOc1ccc(-c2nc3s/c(=C\C4=Cc5ccccc5O[C@H]4C)c(=O)n3n2)cc1. The van der Waals surface area contributed by atoms with E-state index in [9.17, 15) is 4.79 Å². The third-order valence-corrected chi connectivity index (χ3v) is 6.83. The van der Waals surface area contributed by atoms with Gasteiger partial charge in [-0.25, -0.2) is 0 Å². The first-order valence-electron chi connectivity index (χ1n) is 11.7. The van der Waals surface area contributed by atoms with Gasteiger partial charge in [0, 0.05) is 11.1 Å². The summed E-state index contributed by atoms with van der Waals surface area (Å²) in [6, 6.07) is 15.6. The Balaban J connectivity index is 1.35. The molecule has 0 spiro atoms. The van der Waals surface area contributed by atoms with Gasteiger partial charge < -0.3 is 9.47 Å². The number of hydrogen-bond acceptors (Lipinski definition) is 6. The number of thiazole rings is 1. The highest BCUT2D eigenvalue weighted by Gasteiger charge is 2.18. The van der Waals surface area contributed by atoms with Crippen LogP contribution in [0.3, 0.4) is 0 Å². The Labute approximate surface area is 202 Å². The van der Waals surface area contributed by atoms with E-state index in [2.05, 4.69) is 23.1 Å². The minimum atomic E-state index is -0.169. The van der Waals surface area contributed by atoms with Gasteiger partial charge in [0.15, 0.2) is 5.82 Å². The van der Waals surface area contributed by atoms with E-state index < -0.39 is 0 Å². The van der Waals surface area contributed by atoms with Crippen molar-refractivity contribution in [3.05, 3.63) is 74.6 Å². The molecule has 2 aromatic carbocycles. The molecule has 1 aliphatic rings. The van der Waals surface area contributed by atoms with E-state index in [0.717, 1.165) is 41.2 Å². The topological polar surface area (TPSA) is 65.7 Å². The van der Waals surface area contributed by atoms with Crippen LogP contribution in [-0.2, 0) is 0 Å². The molecule has 0 unspecified atom stereocenters. The van der Waals surface area contributed by atoms with E-state index in [1.807, 2.05) is 61.5 Å². The van der Waals surface area contributed by atoms with Crippen molar-refractivity contribution in [1.29, 1.82) is 0 Å². The van der Waals surface area contributed by atoms with Crippen LogP contribution in [0.5, 0.6) is 11.5 Å². The average molecular weight is 474 g/mol. The fourth-order valence-corrected chi connectivity index (χ4v) is 4.86. The maximum Gasteiger partial charge on any atom is 0.291 e. The highest BCUT2D eigenvalue weighted by atomic mass is 32.1. The summed E-state index contributed by atoms with van der Waals surface area (Å²) in [6.45, 7) is 4.91. The zero-order valence-electron chi connectivity index (χ0n) is 19.4. The molecule has 0 bridgehead atoms. The number of unbranched alkanes of at least 4 members (excludes halogenated alkanes) is 3. The minimum Gasteiger partial charge on any atom is -0.494 e. The lowest BCUT2D eigenvalue weighted by molar-refractivity contribution is 0.259. The van der Waals surface area contributed by atoms with Crippen LogP contribution < -0.4 is 19.6 Å². The number of benzene rings is 2. The van der Waals surface area contributed by atoms with Gasteiger partial charge in [0.05, 0.1) is 11.1 Å². The fraction of sp³-hybridized carbons (Fsp3) is 0.296. The quantitative estimate of drug-likeness (QED) is 0.332. The lowest BCUT2D eigenvalue weighted by Crippen LogP contribution is -2.26. The summed E-state index contributed by atoms with van der Waals surface area (Å²) in [5.74, 6) is 2.22. The van der Waals surface area contributed by atoms with Crippen LogP contribution in [0.15, 0.2) is 58.9 Å². The molecule has 0 amide bonds. The van der Waals surface area contributed by atoms with Crippen LogP contribution in [0, 0.1) is 0 Å². The molecule has 6 nitrogen and oxygen atoms in total. The second-order valence-electron chi connectivity index (χ2n) is 8.42. The molecule has 0 radical (unpaired) electrons. The Morgan fingerprint density at radius 3 is 2.74 bits per heavy atom. The lowest BCUT2D eigenvalue weighted by Gasteiger charge is -2.22. The van der Waals surface area contributed by atoms with Crippen molar-refractivity contribution in [2.75, 3.05) is 6.61 Å². The average Bonchev–Trinajstić information content (AvgIpc) is 3.39. The smallest absolute Gasteiger partial charge is 0.291 e. The van der Waals surface area contributed by atoms with Crippen LogP contribution >= 0.6 is 11.3 Å². The van der Waals surface area contributed by atoms with E-state index in [0.29, 0.717) is 15.3 Å². The highest BCUT2D eigenvalue weighted by molar-refractivity contribution is 7.15. The van der Waals surface area contributed by atoms with Crippen molar-refractivity contribution in [3.63, 3.8) is 0 Å². The maximum atomic E-state index is 13.0. The largest absolute Gasteiger partial charge is 0.494 e. The highest BCUT2D eigenvalue weighted by Crippen LogP contribution is 2.29. The molecule has 0 saturated heterocycles. The Kier molecular flexibility index (Phi) is 6.45. The summed E-state index contributed by atoms with van der Waals surface area (Å²) < 4.78 is 13.8. The van der Waals surface area contributed by atoms with Gasteiger partial charge >= 0.3 is 0 Å². The molecule has 0 fully saturated rings. The molecule has 34 heavy (non-hydrogen) atoms. The molecule has 1 atom stereocenters.